The van der Waals surface area contributed by atoms with E-state index in [1.807, 2.05) is 0 Å². The first-order valence-corrected chi connectivity index (χ1v) is 12.7. The Hall–Kier alpha value is -1.99. The lowest BCUT2D eigenvalue weighted by molar-refractivity contribution is -0.126. The largest absolute Gasteiger partial charge is 0.383 e. The van der Waals surface area contributed by atoms with Gasteiger partial charge in [-0.3, -0.25) is 4.79 Å². The summed E-state index contributed by atoms with van der Waals surface area (Å²) >= 11 is 5.90. The van der Waals surface area contributed by atoms with Crippen molar-refractivity contribution in [3.8, 4) is 0 Å². The van der Waals surface area contributed by atoms with Crippen LogP contribution in [0.25, 0.3) is 0 Å². The number of carbonyl (C=O) groups excluding carboxylic acids is 1. The molecule has 0 aromatic carbocycles. The number of alkyl halides is 1. The monoisotopic (exact) mass is 493 g/mol. The third-order valence-corrected chi connectivity index (χ3v) is 6.90. The molecule has 1 heterocycles. The number of unbranched alkanes of at least 4 members (excludes halogenated alkanes) is 1. The van der Waals surface area contributed by atoms with E-state index in [4.69, 9.17) is 22.7 Å². The molecular formula is C26H41ClFN5O. The normalized spacial score (nSPS) is 23.2. The molecule has 0 aromatic heterocycles. The van der Waals surface area contributed by atoms with Crippen LogP contribution in [0.2, 0.25) is 0 Å². The van der Waals surface area contributed by atoms with Crippen LogP contribution in [-0.2, 0) is 4.79 Å². The van der Waals surface area contributed by atoms with Crippen LogP contribution < -0.4 is 5.73 Å². The van der Waals surface area contributed by atoms with Gasteiger partial charge in [0, 0.05) is 29.8 Å². The number of rotatable bonds is 11. The zero-order valence-electron chi connectivity index (χ0n) is 21.3. The second-order valence-corrected chi connectivity index (χ2v) is 10.6. The fourth-order valence-corrected chi connectivity index (χ4v) is 4.61. The Labute approximate surface area is 209 Å². The molecule has 6 nitrogen and oxygen atoms in total. The van der Waals surface area contributed by atoms with Crippen molar-refractivity contribution >= 4 is 29.4 Å². The van der Waals surface area contributed by atoms with Crippen LogP contribution in [0.1, 0.15) is 59.3 Å². The summed E-state index contributed by atoms with van der Waals surface area (Å²) in [5.41, 5.74) is 7.50. The summed E-state index contributed by atoms with van der Waals surface area (Å²) < 4.78 is 14.3. The molecule has 1 aliphatic heterocycles. The lowest BCUT2D eigenvalue weighted by Crippen LogP contribution is -2.34. The highest BCUT2D eigenvalue weighted by Crippen LogP contribution is 2.36. The number of carbonyl (C=O) groups is 1. The van der Waals surface area contributed by atoms with Gasteiger partial charge in [-0.1, -0.05) is 32.3 Å². The molecule has 0 spiro atoms. The summed E-state index contributed by atoms with van der Waals surface area (Å²) in [7, 11) is 4.16. The summed E-state index contributed by atoms with van der Waals surface area (Å²) in [6.07, 6.45) is 9.94. The van der Waals surface area contributed by atoms with E-state index in [1.165, 1.54) is 12.3 Å². The zero-order valence-corrected chi connectivity index (χ0v) is 22.0. The van der Waals surface area contributed by atoms with E-state index < -0.39 is 0 Å². The third kappa shape index (κ3) is 8.05. The number of nitrogens with zero attached hydrogens (tertiary/aromatic N) is 3. The highest BCUT2D eigenvalue weighted by Gasteiger charge is 2.34. The van der Waals surface area contributed by atoms with E-state index >= 15 is 0 Å². The molecule has 0 saturated carbocycles. The third-order valence-electron chi connectivity index (χ3n) is 6.79. The van der Waals surface area contributed by atoms with E-state index in [0.29, 0.717) is 23.1 Å². The van der Waals surface area contributed by atoms with Crippen molar-refractivity contribution in [3.63, 3.8) is 0 Å². The van der Waals surface area contributed by atoms with Gasteiger partial charge in [0.15, 0.2) is 0 Å². The van der Waals surface area contributed by atoms with Gasteiger partial charge in [0.05, 0.1) is 24.2 Å². The predicted octanol–water partition coefficient (Wildman–Crippen LogP) is 5.05. The fourth-order valence-electron chi connectivity index (χ4n) is 4.56. The van der Waals surface area contributed by atoms with Crippen molar-refractivity contribution in [1.82, 2.24) is 9.80 Å². The maximum Gasteiger partial charge on any atom is 0.250 e. The summed E-state index contributed by atoms with van der Waals surface area (Å²) in [5.74, 6) is 0.138. The average molecular weight is 494 g/mol. The molecule has 0 aromatic rings. The van der Waals surface area contributed by atoms with Gasteiger partial charge >= 0.3 is 0 Å². The van der Waals surface area contributed by atoms with Crippen LogP contribution in [-0.4, -0.2) is 66.2 Å². The minimum atomic E-state index is -0.279. The second kappa shape index (κ2) is 13.2. The van der Waals surface area contributed by atoms with Gasteiger partial charge in [0.2, 0.25) is 0 Å². The van der Waals surface area contributed by atoms with Crippen molar-refractivity contribution in [2.24, 2.45) is 22.6 Å². The number of nitrogens with one attached hydrogen (secondary N) is 1. The minimum absolute atomic E-state index is 0.147. The lowest BCUT2D eigenvalue weighted by Gasteiger charge is -2.31. The number of nitrogens with two attached hydrogens (primary N) is 1. The first-order chi connectivity index (χ1) is 16.0. The van der Waals surface area contributed by atoms with Crippen LogP contribution >= 0.6 is 11.6 Å². The smallest absolute Gasteiger partial charge is 0.250 e. The SMILES string of the molecule is CCCCC(CC1CC(F)=CC=C1C(=O)N1CC(=N)/C(=C(N)/N=C\C(C)Cl)C1)CC(C)N(C)C. The number of allylic oxidation sites excluding steroid dienone is 3. The molecule has 1 fully saturated rings. The quantitative estimate of drug-likeness (QED) is 0.312. The summed E-state index contributed by atoms with van der Waals surface area (Å²) in [4.78, 5) is 21.5. The van der Waals surface area contributed by atoms with Gasteiger partial charge in [-0.2, -0.15) is 0 Å². The molecule has 2 aliphatic rings. The van der Waals surface area contributed by atoms with Crippen molar-refractivity contribution in [2.75, 3.05) is 27.2 Å². The van der Waals surface area contributed by atoms with Gasteiger partial charge in [-0.15, -0.1) is 11.6 Å². The highest BCUT2D eigenvalue weighted by atomic mass is 35.5. The Morgan fingerprint density at radius 2 is 2.09 bits per heavy atom. The number of amides is 1. The van der Waals surface area contributed by atoms with Gasteiger partial charge in [0.1, 0.15) is 11.6 Å². The molecule has 1 aliphatic carbocycles. The maximum absolute atomic E-state index is 14.3. The molecule has 8 heteroatoms. The van der Waals surface area contributed by atoms with Crippen LogP contribution in [0.15, 0.2) is 39.9 Å². The average Bonchev–Trinajstić information content (AvgIpc) is 3.17. The van der Waals surface area contributed by atoms with E-state index in [0.717, 1.165) is 32.1 Å². The Bertz CT molecular complexity index is 861. The molecule has 34 heavy (non-hydrogen) atoms. The molecule has 4 atom stereocenters. The van der Waals surface area contributed by atoms with E-state index in [-0.39, 0.29) is 54.1 Å². The summed E-state index contributed by atoms with van der Waals surface area (Å²) in [6.45, 7) is 6.57. The zero-order chi connectivity index (χ0) is 25.4. The Morgan fingerprint density at radius 1 is 1.38 bits per heavy atom. The molecule has 4 unspecified atom stereocenters. The van der Waals surface area contributed by atoms with Gasteiger partial charge in [-0.05, 0) is 58.7 Å². The molecule has 1 amide bonds. The first kappa shape index (κ1) is 28.2. The van der Waals surface area contributed by atoms with Crippen LogP contribution in [0.3, 0.4) is 0 Å². The number of hydrogen-bond acceptors (Lipinski definition) is 5. The van der Waals surface area contributed by atoms with Crippen molar-refractivity contribution in [2.45, 2.75) is 70.7 Å². The second-order valence-electron chi connectivity index (χ2n) is 9.89. The standard InChI is InChI=1S/C26H41ClFN5O/c1-6-7-8-19(11-18(3)32(4)5)12-20-13-21(28)9-10-22(20)26(34)33-15-23(24(29)16-33)25(30)31-14-17(2)27/h9-10,14,17-20,29H,6-8,11-13,15-16,30H2,1-5H3/b25-23+,29-24?,31-14-. The lowest BCUT2D eigenvalue weighted by atomic mass is 9.79. The van der Waals surface area contributed by atoms with Gasteiger partial charge in [0.25, 0.3) is 5.91 Å². The number of likely N-dealkylation sites (tertiary alicyclic amines) is 1. The number of halogens is 2. The van der Waals surface area contributed by atoms with Crippen LogP contribution in [0, 0.1) is 17.2 Å². The summed E-state index contributed by atoms with van der Waals surface area (Å²) in [5, 5.41) is 8.03. The molecular weight excluding hydrogens is 453 g/mol. The molecule has 2 rings (SSSR count). The van der Waals surface area contributed by atoms with E-state index in [1.54, 1.807) is 17.9 Å². The van der Waals surface area contributed by atoms with Gasteiger partial charge in [-0.25, -0.2) is 9.38 Å². The van der Waals surface area contributed by atoms with Crippen molar-refractivity contribution in [3.05, 3.63) is 34.9 Å². The molecule has 1 saturated heterocycles. The Kier molecular flexibility index (Phi) is 11.0. The molecule has 3 N–H and O–H groups in total. The van der Waals surface area contributed by atoms with E-state index in [9.17, 15) is 9.18 Å². The molecule has 190 valence electrons. The molecule has 0 bridgehead atoms. The van der Waals surface area contributed by atoms with Crippen molar-refractivity contribution in [1.29, 1.82) is 5.41 Å². The number of hydrogen-bond donors (Lipinski definition) is 2. The summed E-state index contributed by atoms with van der Waals surface area (Å²) in [6, 6.07) is 0.417. The Morgan fingerprint density at radius 3 is 2.71 bits per heavy atom. The van der Waals surface area contributed by atoms with E-state index in [2.05, 4.69) is 37.8 Å². The maximum atomic E-state index is 14.3. The number of aliphatic imine (C=N–C) groups is 1. The fraction of sp³-hybridized carbons (Fsp3) is 0.654. The van der Waals surface area contributed by atoms with Crippen molar-refractivity contribution < 1.29 is 9.18 Å². The van der Waals surface area contributed by atoms with Crippen LogP contribution in [0.5, 0.6) is 0 Å². The predicted molar refractivity (Wildman–Crippen MR) is 140 cm³/mol. The first-order valence-electron chi connectivity index (χ1n) is 12.3. The van der Waals surface area contributed by atoms with Gasteiger partial charge < -0.3 is 20.9 Å². The highest BCUT2D eigenvalue weighted by molar-refractivity contribution is 6.27. The molecule has 0 radical (unpaired) electrons. The Balaban J connectivity index is 2.20. The topological polar surface area (TPSA) is 85.8 Å². The minimum Gasteiger partial charge on any atom is -0.383 e. The van der Waals surface area contributed by atoms with Crippen LogP contribution in [0.4, 0.5) is 4.39 Å².